The minimum Gasteiger partial charge on any atom is -0.311 e. The maximum atomic E-state index is 4.13. The highest BCUT2D eigenvalue weighted by Gasteiger charge is 2.32. The highest BCUT2D eigenvalue weighted by atomic mass is 15.0. The molecule has 128 valence electrons. The molecule has 4 bridgehead atoms. The van der Waals surface area contributed by atoms with Crippen molar-refractivity contribution in [2.45, 2.75) is 115 Å². The van der Waals surface area contributed by atoms with E-state index in [2.05, 4.69) is 12.2 Å². The van der Waals surface area contributed by atoms with E-state index in [4.69, 9.17) is 0 Å². The van der Waals surface area contributed by atoms with Gasteiger partial charge in [0.05, 0.1) is 0 Å². The second-order valence-electron chi connectivity index (χ2n) is 8.86. The molecule has 0 amide bonds. The molecule has 0 aromatic rings. The summed E-state index contributed by atoms with van der Waals surface area (Å²) in [6, 6.07) is 1.68. The van der Waals surface area contributed by atoms with Crippen molar-refractivity contribution in [3.63, 3.8) is 0 Å². The molecule has 5 atom stereocenters. The molecule has 0 radical (unpaired) electrons. The summed E-state index contributed by atoms with van der Waals surface area (Å²) in [6.07, 6.45) is 22.3. The Morgan fingerprint density at radius 1 is 0.545 bits per heavy atom. The van der Waals surface area contributed by atoms with E-state index < -0.39 is 0 Å². The van der Waals surface area contributed by atoms with Crippen LogP contribution in [-0.4, -0.2) is 12.1 Å². The average molecular weight is 306 g/mol. The van der Waals surface area contributed by atoms with Crippen molar-refractivity contribution in [3.05, 3.63) is 0 Å². The van der Waals surface area contributed by atoms with Gasteiger partial charge >= 0.3 is 0 Å². The lowest BCUT2D eigenvalue weighted by Crippen LogP contribution is -2.37. The van der Waals surface area contributed by atoms with E-state index in [0.717, 1.165) is 29.8 Å². The van der Waals surface area contributed by atoms with Crippen LogP contribution in [0.3, 0.4) is 0 Å². The van der Waals surface area contributed by atoms with Crippen LogP contribution >= 0.6 is 0 Å². The molecule has 1 heterocycles. The Hall–Kier alpha value is -0.0400. The lowest BCUT2D eigenvalue weighted by molar-refractivity contribution is 0.238. The zero-order valence-corrected chi connectivity index (χ0v) is 15.0. The number of hydrogen-bond acceptors (Lipinski definition) is 1. The molecule has 0 aromatic heterocycles. The molecular formula is C21H39N. The van der Waals surface area contributed by atoms with E-state index in [0.29, 0.717) is 0 Å². The average Bonchev–Trinajstić information content (AvgIpc) is 2.67. The van der Waals surface area contributed by atoms with Crippen molar-refractivity contribution in [3.8, 4) is 0 Å². The monoisotopic (exact) mass is 305 g/mol. The molecule has 22 heavy (non-hydrogen) atoms. The third kappa shape index (κ3) is 4.98. The van der Waals surface area contributed by atoms with Crippen LogP contribution in [-0.2, 0) is 0 Å². The van der Waals surface area contributed by atoms with E-state index in [1.54, 1.807) is 0 Å². The number of rotatable bonds is 0. The topological polar surface area (TPSA) is 12.0 Å². The molecule has 1 nitrogen and oxygen atoms in total. The lowest BCUT2D eigenvalue weighted by Gasteiger charge is -2.29. The van der Waals surface area contributed by atoms with Gasteiger partial charge in [0.2, 0.25) is 0 Å². The lowest BCUT2D eigenvalue weighted by atomic mass is 9.76. The van der Waals surface area contributed by atoms with Crippen molar-refractivity contribution in [2.75, 3.05) is 0 Å². The fraction of sp³-hybridized carbons (Fsp3) is 1.00. The zero-order valence-electron chi connectivity index (χ0n) is 15.0. The highest BCUT2D eigenvalue weighted by Crippen LogP contribution is 2.38. The van der Waals surface area contributed by atoms with Gasteiger partial charge in [0.15, 0.2) is 0 Å². The van der Waals surface area contributed by atoms with Gasteiger partial charge in [-0.25, -0.2) is 0 Å². The summed E-state index contributed by atoms with van der Waals surface area (Å²) < 4.78 is 0. The Labute approximate surface area is 139 Å². The van der Waals surface area contributed by atoms with Gasteiger partial charge in [-0.05, 0) is 49.9 Å². The first-order valence-electron chi connectivity index (χ1n) is 10.6. The minimum atomic E-state index is 0.835. The zero-order chi connectivity index (χ0) is 15.2. The molecule has 5 unspecified atom stereocenters. The molecule has 0 spiro atoms. The van der Waals surface area contributed by atoms with Crippen LogP contribution in [0.5, 0.6) is 0 Å². The summed E-state index contributed by atoms with van der Waals surface area (Å²) in [5.41, 5.74) is 0. The van der Waals surface area contributed by atoms with Crippen LogP contribution < -0.4 is 5.32 Å². The number of fused-ring (bicyclic) bond motifs is 5. The second kappa shape index (κ2) is 8.71. The predicted molar refractivity (Wildman–Crippen MR) is 96.1 cm³/mol. The standard InChI is InChI=1S/C21H39N/c1-17-9-7-8-11-19-16-21(14-13-17)22-20-12-6-4-2-3-5-10-18(19)15-20/h17-22H,2-16H2,1H3. The molecule has 1 saturated heterocycles. The third-order valence-electron chi connectivity index (χ3n) is 6.97. The van der Waals surface area contributed by atoms with Gasteiger partial charge in [-0.15, -0.1) is 0 Å². The summed E-state index contributed by atoms with van der Waals surface area (Å²) in [5.74, 6) is 3.03. The van der Waals surface area contributed by atoms with Gasteiger partial charge in [-0.1, -0.05) is 71.1 Å². The minimum absolute atomic E-state index is 0.835. The summed E-state index contributed by atoms with van der Waals surface area (Å²) >= 11 is 0. The molecule has 3 aliphatic rings. The molecular weight excluding hydrogens is 266 g/mol. The Bertz CT molecular complexity index is 313. The smallest absolute Gasteiger partial charge is 0.00724 e. The van der Waals surface area contributed by atoms with Gasteiger partial charge in [-0.3, -0.25) is 0 Å². The first-order valence-corrected chi connectivity index (χ1v) is 10.6. The maximum Gasteiger partial charge on any atom is 0.00724 e. The fourth-order valence-electron chi connectivity index (χ4n) is 5.55. The van der Waals surface area contributed by atoms with E-state index >= 15 is 0 Å². The van der Waals surface area contributed by atoms with Crippen molar-refractivity contribution >= 4 is 0 Å². The maximum absolute atomic E-state index is 4.13. The molecule has 2 saturated carbocycles. The Morgan fingerprint density at radius 2 is 1.09 bits per heavy atom. The summed E-state index contributed by atoms with van der Waals surface area (Å²) in [6.45, 7) is 2.48. The van der Waals surface area contributed by atoms with Crippen LogP contribution in [0.1, 0.15) is 103 Å². The largest absolute Gasteiger partial charge is 0.311 e. The molecule has 2 aliphatic carbocycles. The molecule has 0 aromatic carbocycles. The van der Waals surface area contributed by atoms with Crippen molar-refractivity contribution in [1.29, 1.82) is 0 Å². The Balaban J connectivity index is 1.70. The van der Waals surface area contributed by atoms with Gasteiger partial charge in [0.1, 0.15) is 0 Å². The summed E-state index contributed by atoms with van der Waals surface area (Å²) in [4.78, 5) is 0. The van der Waals surface area contributed by atoms with E-state index in [1.165, 1.54) is 96.3 Å². The van der Waals surface area contributed by atoms with E-state index in [1.807, 2.05) is 0 Å². The van der Waals surface area contributed by atoms with Crippen LogP contribution in [0, 0.1) is 17.8 Å². The highest BCUT2D eigenvalue weighted by molar-refractivity contribution is 4.88. The normalized spacial score (nSPS) is 42.1. The van der Waals surface area contributed by atoms with Crippen LogP contribution in [0.4, 0.5) is 0 Å². The summed E-state index contributed by atoms with van der Waals surface area (Å²) in [5, 5.41) is 4.13. The van der Waals surface area contributed by atoms with Crippen molar-refractivity contribution in [1.82, 2.24) is 5.32 Å². The molecule has 3 rings (SSSR count). The van der Waals surface area contributed by atoms with Crippen LogP contribution in [0.15, 0.2) is 0 Å². The second-order valence-corrected chi connectivity index (χ2v) is 8.86. The number of hydrogen-bond donors (Lipinski definition) is 1. The molecule has 1 aliphatic heterocycles. The molecule has 3 fully saturated rings. The Kier molecular flexibility index (Phi) is 6.65. The molecule has 1 N–H and O–H groups in total. The summed E-state index contributed by atoms with van der Waals surface area (Å²) in [7, 11) is 0. The van der Waals surface area contributed by atoms with Crippen molar-refractivity contribution < 1.29 is 0 Å². The van der Waals surface area contributed by atoms with Gasteiger partial charge in [0, 0.05) is 12.1 Å². The van der Waals surface area contributed by atoms with Gasteiger partial charge in [-0.2, -0.15) is 0 Å². The first-order chi connectivity index (χ1) is 10.8. The van der Waals surface area contributed by atoms with Crippen LogP contribution in [0.2, 0.25) is 0 Å². The van der Waals surface area contributed by atoms with E-state index in [-0.39, 0.29) is 0 Å². The van der Waals surface area contributed by atoms with Crippen molar-refractivity contribution in [2.24, 2.45) is 17.8 Å². The van der Waals surface area contributed by atoms with Gasteiger partial charge < -0.3 is 5.32 Å². The fourth-order valence-corrected chi connectivity index (χ4v) is 5.55. The third-order valence-corrected chi connectivity index (χ3v) is 6.97. The van der Waals surface area contributed by atoms with Crippen LogP contribution in [0.25, 0.3) is 0 Å². The van der Waals surface area contributed by atoms with Gasteiger partial charge in [0.25, 0.3) is 0 Å². The Morgan fingerprint density at radius 3 is 1.86 bits per heavy atom. The molecule has 1 heteroatoms. The van der Waals surface area contributed by atoms with E-state index in [9.17, 15) is 0 Å². The SMILES string of the molecule is CC1CCCCC2CC(CC1)NC1CCCCCCCC2C1. The number of nitrogens with one attached hydrogen (secondary N) is 1. The quantitative estimate of drug-likeness (QED) is 0.572. The first kappa shape index (κ1) is 16.8. The predicted octanol–water partition coefficient (Wildman–Crippen LogP) is 6.07.